The zero-order valence-corrected chi connectivity index (χ0v) is 11.9. The zero-order chi connectivity index (χ0) is 16.9. The molecule has 0 unspecified atom stereocenters. The van der Waals surface area contributed by atoms with Gasteiger partial charge in [0.1, 0.15) is 24.6 Å². The molecule has 0 spiro atoms. The number of fused-ring (bicyclic) bond motifs is 1. The molecule has 0 radical (unpaired) electrons. The molecule has 23 heavy (non-hydrogen) atoms. The normalized spacial score (nSPS) is 30.9. The third kappa shape index (κ3) is 2.01. The molecule has 1 fully saturated rings. The average molecular weight is 327 g/mol. The SMILES string of the molecule is CC(=O)[C@@]1(n2cnc3c(N)nc(F)nc32)O[C@H](CO)[C@@H](O)[C@H]1O. The first-order valence-corrected chi connectivity index (χ1v) is 6.65. The van der Waals surface area contributed by atoms with Gasteiger partial charge in [0.05, 0.1) is 6.61 Å². The van der Waals surface area contributed by atoms with E-state index >= 15 is 0 Å². The van der Waals surface area contributed by atoms with Crippen LogP contribution in [0.5, 0.6) is 0 Å². The van der Waals surface area contributed by atoms with Gasteiger partial charge < -0.3 is 25.8 Å². The predicted molar refractivity (Wildman–Crippen MR) is 72.3 cm³/mol. The lowest BCUT2D eigenvalue weighted by atomic mass is 9.99. The molecule has 0 aliphatic carbocycles. The standard InChI is InChI=1S/C12H14FN5O5/c1-4(20)12(8(22)7(21)5(2-19)23-12)18-3-15-6-9(14)16-11(13)17-10(6)18/h3,5,7-8,19,21-22H,2H2,1H3,(H2,14,16,17)/t5-,7-,8-,12-/m1/s1. The summed E-state index contributed by atoms with van der Waals surface area (Å²) in [6, 6.07) is 0. The van der Waals surface area contributed by atoms with E-state index in [1.807, 2.05) is 0 Å². The Balaban J connectivity index is 2.27. The van der Waals surface area contributed by atoms with E-state index in [0.717, 1.165) is 17.8 Å². The summed E-state index contributed by atoms with van der Waals surface area (Å²) in [5.41, 5.74) is 3.26. The van der Waals surface area contributed by atoms with Gasteiger partial charge in [0.15, 0.2) is 22.8 Å². The van der Waals surface area contributed by atoms with Crippen LogP contribution in [0, 0.1) is 6.08 Å². The Morgan fingerprint density at radius 2 is 2.22 bits per heavy atom. The smallest absolute Gasteiger partial charge is 0.312 e. The van der Waals surface area contributed by atoms with Gasteiger partial charge in [0.25, 0.3) is 0 Å². The van der Waals surface area contributed by atoms with Crippen molar-refractivity contribution in [2.24, 2.45) is 0 Å². The van der Waals surface area contributed by atoms with Crippen LogP contribution in [0.2, 0.25) is 0 Å². The van der Waals surface area contributed by atoms with Crippen molar-refractivity contribution in [2.45, 2.75) is 31.0 Å². The number of aliphatic hydroxyl groups is 3. The maximum absolute atomic E-state index is 13.5. The van der Waals surface area contributed by atoms with Crippen LogP contribution in [0.4, 0.5) is 10.2 Å². The summed E-state index contributed by atoms with van der Waals surface area (Å²) in [5.74, 6) is -0.950. The second kappa shape index (κ2) is 5.16. The topological polar surface area (TPSA) is 157 Å². The lowest BCUT2D eigenvalue weighted by Gasteiger charge is -2.30. The predicted octanol–water partition coefficient (Wildman–Crippen LogP) is -2.10. The summed E-state index contributed by atoms with van der Waals surface area (Å²) < 4.78 is 19.9. The highest BCUT2D eigenvalue weighted by molar-refractivity contribution is 5.88. The van der Waals surface area contributed by atoms with Crippen molar-refractivity contribution in [2.75, 3.05) is 12.3 Å². The van der Waals surface area contributed by atoms with Gasteiger partial charge in [-0.15, -0.1) is 0 Å². The number of hydrogen-bond donors (Lipinski definition) is 4. The molecule has 0 bridgehead atoms. The van der Waals surface area contributed by atoms with Gasteiger partial charge in [0.2, 0.25) is 5.72 Å². The van der Waals surface area contributed by atoms with Crippen LogP contribution in [-0.4, -0.2) is 65.5 Å². The van der Waals surface area contributed by atoms with Crippen molar-refractivity contribution >= 4 is 22.8 Å². The van der Waals surface area contributed by atoms with Crippen molar-refractivity contribution in [3.05, 3.63) is 12.4 Å². The summed E-state index contributed by atoms with van der Waals surface area (Å²) in [6.45, 7) is 0.480. The largest absolute Gasteiger partial charge is 0.394 e. The first-order valence-electron chi connectivity index (χ1n) is 6.65. The summed E-state index contributed by atoms with van der Waals surface area (Å²) >= 11 is 0. The van der Waals surface area contributed by atoms with Crippen LogP contribution >= 0.6 is 0 Å². The summed E-state index contributed by atoms with van der Waals surface area (Å²) in [4.78, 5) is 23.0. The number of aromatic nitrogens is 4. The third-order valence-corrected chi connectivity index (χ3v) is 3.87. The molecule has 5 N–H and O–H groups in total. The number of halogens is 1. The lowest BCUT2D eigenvalue weighted by Crippen LogP contribution is -2.50. The molecule has 0 amide bonds. The monoisotopic (exact) mass is 327 g/mol. The minimum atomic E-state index is -2.12. The second-order valence-corrected chi connectivity index (χ2v) is 5.19. The molecule has 1 saturated heterocycles. The van der Waals surface area contributed by atoms with Crippen molar-refractivity contribution in [3.63, 3.8) is 0 Å². The average Bonchev–Trinajstić information content (AvgIpc) is 3.01. The second-order valence-electron chi connectivity index (χ2n) is 5.19. The van der Waals surface area contributed by atoms with E-state index in [0.29, 0.717) is 0 Å². The fourth-order valence-corrected chi connectivity index (χ4v) is 2.75. The highest BCUT2D eigenvalue weighted by Gasteiger charge is 2.59. The van der Waals surface area contributed by atoms with Crippen LogP contribution in [0.15, 0.2) is 6.33 Å². The molecule has 3 rings (SSSR count). The van der Waals surface area contributed by atoms with Gasteiger partial charge in [-0.05, 0) is 6.92 Å². The van der Waals surface area contributed by atoms with Crippen molar-refractivity contribution in [1.29, 1.82) is 0 Å². The molecule has 2 aromatic rings. The van der Waals surface area contributed by atoms with Gasteiger partial charge in [-0.3, -0.25) is 9.36 Å². The number of anilines is 1. The van der Waals surface area contributed by atoms with E-state index in [4.69, 9.17) is 10.5 Å². The first-order chi connectivity index (χ1) is 10.8. The minimum Gasteiger partial charge on any atom is -0.394 e. The Bertz CT molecular complexity index is 783. The van der Waals surface area contributed by atoms with E-state index in [2.05, 4.69) is 15.0 Å². The van der Waals surface area contributed by atoms with Gasteiger partial charge in [-0.2, -0.15) is 14.4 Å². The zero-order valence-electron chi connectivity index (χ0n) is 11.9. The van der Waals surface area contributed by atoms with Crippen molar-refractivity contribution < 1.29 is 29.2 Å². The number of Topliss-reactive ketones (excluding diaryl/α,β-unsaturated/α-hetero) is 1. The molecule has 4 atom stereocenters. The van der Waals surface area contributed by atoms with Crippen LogP contribution in [-0.2, 0) is 15.3 Å². The molecule has 0 saturated carbocycles. The highest BCUT2D eigenvalue weighted by atomic mass is 19.1. The van der Waals surface area contributed by atoms with Crippen LogP contribution in [0.3, 0.4) is 0 Å². The van der Waals surface area contributed by atoms with Gasteiger partial charge in [0, 0.05) is 0 Å². The molecule has 124 valence electrons. The number of ether oxygens (including phenoxy) is 1. The summed E-state index contributed by atoms with van der Waals surface area (Å²) in [6.07, 6.45) is -4.55. The van der Waals surface area contributed by atoms with E-state index in [-0.39, 0.29) is 17.0 Å². The fraction of sp³-hybridized carbons (Fsp3) is 0.500. The number of nitrogen functional groups attached to an aromatic ring is 1. The van der Waals surface area contributed by atoms with Gasteiger partial charge in [-0.25, -0.2) is 4.98 Å². The Hall–Kier alpha value is -2.21. The molecular formula is C12H14FN5O5. The van der Waals surface area contributed by atoms with E-state index in [9.17, 15) is 24.5 Å². The molecular weight excluding hydrogens is 313 g/mol. The quantitative estimate of drug-likeness (QED) is 0.464. The molecule has 0 aromatic carbocycles. The van der Waals surface area contributed by atoms with Crippen LogP contribution in [0.25, 0.3) is 11.2 Å². The maximum Gasteiger partial charge on any atom is 0.312 e. The molecule has 3 heterocycles. The number of nitrogens with zero attached hydrogens (tertiary/aromatic N) is 4. The van der Waals surface area contributed by atoms with Gasteiger partial charge >= 0.3 is 6.08 Å². The number of carbonyl (C=O) groups is 1. The molecule has 1 aliphatic rings. The number of hydrogen-bond acceptors (Lipinski definition) is 9. The Morgan fingerprint density at radius 1 is 1.52 bits per heavy atom. The number of aliphatic hydroxyl groups excluding tert-OH is 3. The lowest BCUT2D eigenvalue weighted by molar-refractivity contribution is -0.171. The molecule has 1 aliphatic heterocycles. The van der Waals surface area contributed by atoms with Gasteiger partial charge in [-0.1, -0.05) is 0 Å². The van der Waals surface area contributed by atoms with Crippen LogP contribution < -0.4 is 5.73 Å². The Labute approximate surface area is 128 Å². The minimum absolute atomic E-state index is 0.00441. The van der Waals surface area contributed by atoms with E-state index < -0.39 is 42.5 Å². The number of ketones is 1. The first kappa shape index (κ1) is 15.7. The number of rotatable bonds is 3. The Kier molecular flexibility index (Phi) is 3.52. The fourth-order valence-electron chi connectivity index (χ4n) is 2.75. The van der Waals surface area contributed by atoms with Crippen LogP contribution in [0.1, 0.15) is 6.92 Å². The van der Waals surface area contributed by atoms with Crippen molar-refractivity contribution in [3.8, 4) is 0 Å². The highest BCUT2D eigenvalue weighted by Crippen LogP contribution is 2.38. The van der Waals surface area contributed by atoms with E-state index in [1.165, 1.54) is 0 Å². The number of carbonyl (C=O) groups excluding carboxylic acids is 1. The molecule has 2 aromatic heterocycles. The van der Waals surface area contributed by atoms with E-state index in [1.54, 1.807) is 0 Å². The summed E-state index contributed by atoms with van der Waals surface area (Å²) in [5, 5.41) is 29.5. The molecule has 10 nitrogen and oxygen atoms in total. The number of imidazole rings is 1. The third-order valence-electron chi connectivity index (χ3n) is 3.87. The summed E-state index contributed by atoms with van der Waals surface area (Å²) in [7, 11) is 0. The maximum atomic E-state index is 13.5. The molecule has 11 heteroatoms. The van der Waals surface area contributed by atoms with Crippen molar-refractivity contribution in [1.82, 2.24) is 19.5 Å². The Morgan fingerprint density at radius 3 is 2.78 bits per heavy atom. The number of nitrogens with two attached hydrogens (primary N) is 1.